The van der Waals surface area contributed by atoms with Crippen molar-refractivity contribution in [1.29, 1.82) is 0 Å². The van der Waals surface area contributed by atoms with Gasteiger partial charge >= 0.3 is 0 Å². The summed E-state index contributed by atoms with van der Waals surface area (Å²) >= 11 is 0. The second-order valence-electron chi connectivity index (χ2n) is 5.83. The first-order valence-corrected chi connectivity index (χ1v) is 6.83. The van der Waals surface area contributed by atoms with Crippen molar-refractivity contribution in [3.05, 3.63) is 0 Å². The van der Waals surface area contributed by atoms with Crippen molar-refractivity contribution in [2.24, 2.45) is 0 Å². The first-order valence-electron chi connectivity index (χ1n) is 6.83. The van der Waals surface area contributed by atoms with Crippen LogP contribution in [0.4, 0.5) is 0 Å². The molecule has 0 saturated carbocycles. The number of hydrogen-bond acceptors (Lipinski definition) is 3. The van der Waals surface area contributed by atoms with Gasteiger partial charge in [-0.3, -0.25) is 4.79 Å². The molecule has 4 nitrogen and oxygen atoms in total. The van der Waals surface area contributed by atoms with Crippen molar-refractivity contribution in [2.75, 3.05) is 39.3 Å². The Kier molecular flexibility index (Phi) is 4.05. The summed E-state index contributed by atoms with van der Waals surface area (Å²) in [4.78, 5) is 16.7. The van der Waals surface area contributed by atoms with Gasteiger partial charge in [-0.15, -0.1) is 0 Å². The Morgan fingerprint density at radius 2 is 1.94 bits per heavy atom. The molecule has 2 fully saturated rings. The fraction of sp³-hybridized carbons (Fsp3) is 0.923. The molecule has 2 heterocycles. The maximum atomic E-state index is 12.2. The van der Waals surface area contributed by atoms with E-state index in [4.69, 9.17) is 0 Å². The summed E-state index contributed by atoms with van der Waals surface area (Å²) in [7, 11) is 0. The first-order chi connectivity index (χ1) is 8.09. The van der Waals surface area contributed by atoms with E-state index in [0.29, 0.717) is 12.3 Å². The number of amides is 1. The minimum atomic E-state index is -0.0274. The third kappa shape index (κ3) is 3.19. The Labute approximate surface area is 104 Å². The van der Waals surface area contributed by atoms with Crippen LogP contribution in [0.5, 0.6) is 0 Å². The quantitative estimate of drug-likeness (QED) is 0.787. The molecule has 17 heavy (non-hydrogen) atoms. The molecule has 0 aromatic carbocycles. The number of nitrogens with one attached hydrogen (secondary N) is 1. The summed E-state index contributed by atoms with van der Waals surface area (Å²) < 4.78 is 0. The average molecular weight is 239 g/mol. The lowest BCUT2D eigenvalue weighted by atomic mass is 9.99. The zero-order chi connectivity index (χ0) is 12.3. The van der Waals surface area contributed by atoms with Crippen molar-refractivity contribution in [1.82, 2.24) is 15.1 Å². The van der Waals surface area contributed by atoms with Crippen LogP contribution in [-0.4, -0.2) is 60.5 Å². The number of piperazine rings is 1. The highest BCUT2D eigenvalue weighted by atomic mass is 16.2. The Morgan fingerprint density at radius 3 is 2.59 bits per heavy atom. The van der Waals surface area contributed by atoms with Crippen LogP contribution in [0.2, 0.25) is 0 Å². The molecule has 98 valence electrons. The molecular weight excluding hydrogens is 214 g/mol. The maximum Gasteiger partial charge on any atom is 0.224 e. The predicted molar refractivity (Wildman–Crippen MR) is 69.0 cm³/mol. The van der Waals surface area contributed by atoms with Gasteiger partial charge in [0.2, 0.25) is 5.91 Å². The van der Waals surface area contributed by atoms with Crippen LogP contribution >= 0.6 is 0 Å². The molecule has 0 aliphatic carbocycles. The van der Waals surface area contributed by atoms with Crippen molar-refractivity contribution in [3.63, 3.8) is 0 Å². The first kappa shape index (κ1) is 12.8. The number of rotatable bonds is 3. The summed E-state index contributed by atoms with van der Waals surface area (Å²) in [6.07, 6.45) is 3.28. The van der Waals surface area contributed by atoms with Gasteiger partial charge in [0.1, 0.15) is 0 Å². The standard InChI is InChI=1S/C13H25N3O/c1-13(2)11-14-6-10-16(13)12(17)5-9-15-7-3-4-8-15/h14H,3-11H2,1-2H3. The fourth-order valence-corrected chi connectivity index (χ4v) is 2.84. The molecule has 0 spiro atoms. The maximum absolute atomic E-state index is 12.2. The van der Waals surface area contributed by atoms with Crippen LogP contribution in [0.25, 0.3) is 0 Å². The van der Waals surface area contributed by atoms with Crippen LogP contribution in [0, 0.1) is 0 Å². The number of hydrogen-bond donors (Lipinski definition) is 1. The molecule has 2 rings (SSSR count). The lowest BCUT2D eigenvalue weighted by Crippen LogP contribution is -2.60. The predicted octanol–water partition coefficient (Wildman–Crippen LogP) is 0.683. The smallest absolute Gasteiger partial charge is 0.224 e. The van der Waals surface area contributed by atoms with E-state index in [2.05, 4.69) is 29.0 Å². The minimum absolute atomic E-state index is 0.0274. The molecular formula is C13H25N3O. The molecule has 4 heteroatoms. The van der Waals surface area contributed by atoms with Crippen LogP contribution in [0.1, 0.15) is 33.1 Å². The SMILES string of the molecule is CC1(C)CNCCN1C(=O)CCN1CCCC1. The normalized spacial score (nSPS) is 25.2. The van der Waals surface area contributed by atoms with E-state index in [9.17, 15) is 4.79 Å². The molecule has 2 aliphatic heterocycles. The highest BCUT2D eigenvalue weighted by Gasteiger charge is 2.32. The Hall–Kier alpha value is -0.610. The van der Waals surface area contributed by atoms with Gasteiger partial charge in [0.15, 0.2) is 0 Å². The topological polar surface area (TPSA) is 35.6 Å². The number of carbonyl (C=O) groups is 1. The molecule has 1 N–H and O–H groups in total. The second-order valence-corrected chi connectivity index (χ2v) is 5.83. The second kappa shape index (κ2) is 5.36. The van der Waals surface area contributed by atoms with Gasteiger partial charge in [0.25, 0.3) is 0 Å². The van der Waals surface area contributed by atoms with Gasteiger partial charge in [-0.1, -0.05) is 0 Å². The summed E-state index contributed by atoms with van der Waals surface area (Å²) in [5, 5.41) is 3.35. The number of nitrogens with zero attached hydrogens (tertiary/aromatic N) is 2. The van der Waals surface area contributed by atoms with Crippen LogP contribution in [0.3, 0.4) is 0 Å². The number of likely N-dealkylation sites (tertiary alicyclic amines) is 1. The average Bonchev–Trinajstić information content (AvgIpc) is 2.78. The molecule has 0 unspecified atom stereocenters. The summed E-state index contributed by atoms with van der Waals surface area (Å²) in [5.41, 5.74) is -0.0274. The van der Waals surface area contributed by atoms with Crippen molar-refractivity contribution < 1.29 is 4.79 Å². The zero-order valence-electron chi connectivity index (χ0n) is 11.2. The largest absolute Gasteiger partial charge is 0.335 e. The van der Waals surface area contributed by atoms with Crippen LogP contribution in [-0.2, 0) is 4.79 Å². The van der Waals surface area contributed by atoms with E-state index in [1.807, 2.05) is 0 Å². The van der Waals surface area contributed by atoms with Gasteiger partial charge < -0.3 is 15.1 Å². The molecule has 2 aliphatic rings. The van der Waals surface area contributed by atoms with Crippen molar-refractivity contribution in [3.8, 4) is 0 Å². The van der Waals surface area contributed by atoms with Gasteiger partial charge in [0.05, 0.1) is 0 Å². The van der Waals surface area contributed by atoms with E-state index in [1.165, 1.54) is 25.9 Å². The minimum Gasteiger partial charge on any atom is -0.335 e. The van der Waals surface area contributed by atoms with Crippen LogP contribution in [0.15, 0.2) is 0 Å². The zero-order valence-corrected chi connectivity index (χ0v) is 11.2. The van der Waals surface area contributed by atoms with Gasteiger partial charge in [-0.2, -0.15) is 0 Å². The third-order valence-electron chi connectivity index (χ3n) is 3.94. The van der Waals surface area contributed by atoms with Gasteiger partial charge in [0, 0.05) is 38.1 Å². The summed E-state index contributed by atoms with van der Waals surface area (Å²) in [5.74, 6) is 0.323. The molecule has 0 radical (unpaired) electrons. The summed E-state index contributed by atoms with van der Waals surface area (Å²) in [6, 6.07) is 0. The van der Waals surface area contributed by atoms with Gasteiger partial charge in [-0.05, 0) is 39.8 Å². The lowest BCUT2D eigenvalue weighted by Gasteiger charge is -2.43. The van der Waals surface area contributed by atoms with Crippen LogP contribution < -0.4 is 5.32 Å². The third-order valence-corrected chi connectivity index (χ3v) is 3.94. The Bertz CT molecular complexity index is 272. The molecule has 0 aromatic rings. The molecule has 0 atom stereocenters. The molecule has 0 bridgehead atoms. The fourth-order valence-electron chi connectivity index (χ4n) is 2.84. The van der Waals surface area contributed by atoms with E-state index >= 15 is 0 Å². The van der Waals surface area contributed by atoms with Crippen molar-refractivity contribution in [2.45, 2.75) is 38.6 Å². The molecule has 0 aromatic heterocycles. The molecule has 1 amide bonds. The molecule has 2 saturated heterocycles. The highest BCUT2D eigenvalue weighted by Crippen LogP contribution is 2.18. The number of carbonyl (C=O) groups excluding carboxylic acids is 1. The lowest BCUT2D eigenvalue weighted by molar-refractivity contribution is -0.138. The van der Waals surface area contributed by atoms with Gasteiger partial charge in [-0.25, -0.2) is 0 Å². The van der Waals surface area contributed by atoms with E-state index in [-0.39, 0.29) is 5.54 Å². The van der Waals surface area contributed by atoms with E-state index in [0.717, 1.165) is 26.2 Å². The Morgan fingerprint density at radius 1 is 1.24 bits per heavy atom. The Balaban J connectivity index is 1.81. The highest BCUT2D eigenvalue weighted by molar-refractivity contribution is 5.77. The van der Waals surface area contributed by atoms with E-state index in [1.54, 1.807) is 0 Å². The monoisotopic (exact) mass is 239 g/mol. The van der Waals surface area contributed by atoms with E-state index < -0.39 is 0 Å². The summed E-state index contributed by atoms with van der Waals surface area (Å²) in [6.45, 7) is 10.3. The van der Waals surface area contributed by atoms with Crippen molar-refractivity contribution >= 4 is 5.91 Å².